The minimum Gasteiger partial charge on any atom is -0.468 e. The first-order chi connectivity index (χ1) is 8.09. The lowest BCUT2D eigenvalue weighted by Gasteiger charge is -2.45. The van der Waals surface area contributed by atoms with Gasteiger partial charge in [0.25, 0.3) is 0 Å². The molecule has 0 saturated carbocycles. The summed E-state index contributed by atoms with van der Waals surface area (Å²) in [4.78, 5) is 14.4. The van der Waals surface area contributed by atoms with Crippen LogP contribution in [0.25, 0.3) is 0 Å². The monoisotopic (exact) mass is 244 g/mol. The minimum atomic E-state index is -0.661. The Morgan fingerprint density at radius 1 is 1.35 bits per heavy atom. The summed E-state index contributed by atoms with van der Waals surface area (Å²) in [6, 6.07) is 0. The topological polar surface area (TPSA) is 50.8 Å². The van der Waals surface area contributed by atoms with Gasteiger partial charge in [-0.2, -0.15) is 0 Å². The molecule has 1 unspecified atom stereocenters. The summed E-state index contributed by atoms with van der Waals surface area (Å²) in [6.07, 6.45) is 0. The first-order valence-electron chi connectivity index (χ1n) is 6.12. The molecule has 0 aromatic rings. The molecule has 1 rings (SSSR count). The molecular formula is C12H24N2O3. The van der Waals surface area contributed by atoms with Gasteiger partial charge in [-0.15, -0.1) is 0 Å². The standard InChI is InChI=1S/C12H24N2O3/c1-10(2)12(9-16-3,11(15)17-4)14-7-5-13-6-8-14/h10,13H,5-9H2,1-4H3. The van der Waals surface area contributed by atoms with Crippen LogP contribution in [-0.4, -0.2) is 63.4 Å². The van der Waals surface area contributed by atoms with Gasteiger partial charge in [-0.05, 0) is 5.92 Å². The Balaban J connectivity index is 2.99. The molecule has 0 radical (unpaired) electrons. The predicted molar refractivity (Wildman–Crippen MR) is 65.9 cm³/mol. The summed E-state index contributed by atoms with van der Waals surface area (Å²) >= 11 is 0. The molecule has 1 N–H and O–H groups in total. The molecule has 1 aliphatic heterocycles. The van der Waals surface area contributed by atoms with Crippen LogP contribution in [0.5, 0.6) is 0 Å². The van der Waals surface area contributed by atoms with Gasteiger partial charge in [0.1, 0.15) is 5.54 Å². The quantitative estimate of drug-likeness (QED) is 0.695. The highest BCUT2D eigenvalue weighted by Crippen LogP contribution is 2.27. The smallest absolute Gasteiger partial charge is 0.328 e. The Kier molecular flexibility index (Phi) is 5.36. The van der Waals surface area contributed by atoms with Crippen LogP contribution >= 0.6 is 0 Å². The highest BCUT2D eigenvalue weighted by Gasteiger charge is 2.48. The van der Waals surface area contributed by atoms with Crippen molar-refractivity contribution in [1.29, 1.82) is 0 Å². The third kappa shape index (κ3) is 2.78. The van der Waals surface area contributed by atoms with Gasteiger partial charge in [0.05, 0.1) is 13.7 Å². The molecule has 5 heteroatoms. The van der Waals surface area contributed by atoms with Crippen LogP contribution < -0.4 is 5.32 Å². The molecule has 1 fully saturated rings. The molecule has 1 atom stereocenters. The molecule has 100 valence electrons. The summed E-state index contributed by atoms with van der Waals surface area (Å²) in [5.41, 5.74) is -0.661. The van der Waals surface area contributed by atoms with Gasteiger partial charge < -0.3 is 14.8 Å². The van der Waals surface area contributed by atoms with E-state index in [-0.39, 0.29) is 11.9 Å². The van der Waals surface area contributed by atoms with Crippen molar-refractivity contribution in [2.24, 2.45) is 5.92 Å². The Labute approximate surface area is 103 Å². The van der Waals surface area contributed by atoms with E-state index < -0.39 is 5.54 Å². The number of carbonyl (C=O) groups excluding carboxylic acids is 1. The number of nitrogens with zero attached hydrogens (tertiary/aromatic N) is 1. The maximum Gasteiger partial charge on any atom is 0.328 e. The molecule has 5 nitrogen and oxygen atoms in total. The van der Waals surface area contributed by atoms with Crippen molar-refractivity contribution in [3.63, 3.8) is 0 Å². The van der Waals surface area contributed by atoms with E-state index in [4.69, 9.17) is 9.47 Å². The molecule has 0 amide bonds. The molecule has 1 saturated heterocycles. The summed E-state index contributed by atoms with van der Waals surface area (Å²) in [7, 11) is 3.07. The van der Waals surface area contributed by atoms with Crippen LogP contribution in [0.2, 0.25) is 0 Å². The van der Waals surface area contributed by atoms with Crippen LogP contribution in [0.4, 0.5) is 0 Å². The third-order valence-corrected chi connectivity index (χ3v) is 3.54. The second-order valence-electron chi connectivity index (χ2n) is 4.74. The third-order valence-electron chi connectivity index (χ3n) is 3.54. The van der Waals surface area contributed by atoms with E-state index in [0.717, 1.165) is 26.2 Å². The van der Waals surface area contributed by atoms with E-state index in [1.165, 1.54) is 7.11 Å². The lowest BCUT2D eigenvalue weighted by atomic mass is 9.84. The maximum atomic E-state index is 12.2. The molecule has 0 aromatic carbocycles. The van der Waals surface area contributed by atoms with E-state index in [1.807, 2.05) is 13.8 Å². The van der Waals surface area contributed by atoms with Crippen molar-refractivity contribution in [1.82, 2.24) is 10.2 Å². The summed E-state index contributed by atoms with van der Waals surface area (Å²) in [6.45, 7) is 7.94. The Bertz CT molecular complexity index is 252. The fourth-order valence-corrected chi connectivity index (χ4v) is 2.51. The Hall–Kier alpha value is -0.650. The van der Waals surface area contributed by atoms with Crippen LogP contribution in [0, 0.1) is 5.92 Å². The van der Waals surface area contributed by atoms with Gasteiger partial charge in [0.15, 0.2) is 0 Å². The van der Waals surface area contributed by atoms with Crippen molar-refractivity contribution >= 4 is 5.97 Å². The van der Waals surface area contributed by atoms with Gasteiger partial charge in [-0.3, -0.25) is 4.90 Å². The van der Waals surface area contributed by atoms with Gasteiger partial charge in [0.2, 0.25) is 0 Å². The molecule has 17 heavy (non-hydrogen) atoms. The van der Waals surface area contributed by atoms with Crippen LogP contribution in [0.3, 0.4) is 0 Å². The van der Waals surface area contributed by atoms with Gasteiger partial charge in [-0.1, -0.05) is 13.8 Å². The van der Waals surface area contributed by atoms with E-state index in [2.05, 4.69) is 10.2 Å². The van der Waals surface area contributed by atoms with Gasteiger partial charge in [-0.25, -0.2) is 4.79 Å². The Morgan fingerprint density at radius 2 is 1.94 bits per heavy atom. The number of esters is 1. The molecule has 1 heterocycles. The lowest BCUT2D eigenvalue weighted by molar-refractivity contribution is -0.164. The average molecular weight is 244 g/mol. The normalized spacial score (nSPS) is 21.2. The molecule has 1 aliphatic rings. The summed E-state index contributed by atoms with van der Waals surface area (Å²) < 4.78 is 10.3. The summed E-state index contributed by atoms with van der Waals surface area (Å²) in [5.74, 6) is -0.0516. The SMILES string of the molecule is COCC(C(=O)OC)(C(C)C)N1CCNCC1. The minimum absolute atomic E-state index is 0.146. The second kappa shape index (κ2) is 6.33. The largest absolute Gasteiger partial charge is 0.468 e. The van der Waals surface area contributed by atoms with E-state index in [0.29, 0.717) is 6.61 Å². The number of ether oxygens (including phenoxy) is 2. The number of hydrogen-bond acceptors (Lipinski definition) is 5. The number of methoxy groups -OCH3 is 2. The lowest BCUT2D eigenvalue weighted by Crippen LogP contribution is -2.65. The zero-order chi connectivity index (χ0) is 12.9. The fraction of sp³-hybridized carbons (Fsp3) is 0.917. The molecule has 0 aromatic heterocycles. The van der Waals surface area contributed by atoms with E-state index in [1.54, 1.807) is 7.11 Å². The molecule has 0 aliphatic carbocycles. The van der Waals surface area contributed by atoms with E-state index in [9.17, 15) is 4.79 Å². The van der Waals surface area contributed by atoms with Crippen molar-refractivity contribution in [3.05, 3.63) is 0 Å². The van der Waals surface area contributed by atoms with Gasteiger partial charge in [0, 0.05) is 33.3 Å². The Morgan fingerprint density at radius 3 is 2.35 bits per heavy atom. The first kappa shape index (κ1) is 14.4. The predicted octanol–water partition coefficient (Wildman–Crippen LogP) is 0.106. The van der Waals surface area contributed by atoms with Crippen molar-refractivity contribution in [2.75, 3.05) is 47.0 Å². The number of carbonyl (C=O) groups is 1. The number of piperazine rings is 1. The molecule has 0 spiro atoms. The average Bonchev–Trinajstić information content (AvgIpc) is 2.35. The first-order valence-corrected chi connectivity index (χ1v) is 6.12. The van der Waals surface area contributed by atoms with Crippen molar-refractivity contribution in [3.8, 4) is 0 Å². The zero-order valence-corrected chi connectivity index (χ0v) is 11.3. The molecular weight excluding hydrogens is 220 g/mol. The van der Waals surface area contributed by atoms with Crippen molar-refractivity contribution < 1.29 is 14.3 Å². The highest BCUT2D eigenvalue weighted by atomic mass is 16.5. The van der Waals surface area contributed by atoms with Crippen LogP contribution in [0.15, 0.2) is 0 Å². The van der Waals surface area contributed by atoms with Crippen LogP contribution in [-0.2, 0) is 14.3 Å². The number of nitrogens with one attached hydrogen (secondary N) is 1. The van der Waals surface area contributed by atoms with Crippen molar-refractivity contribution in [2.45, 2.75) is 19.4 Å². The van der Waals surface area contributed by atoms with Gasteiger partial charge >= 0.3 is 5.97 Å². The number of rotatable bonds is 5. The summed E-state index contributed by atoms with van der Waals surface area (Å²) in [5, 5.41) is 3.29. The fourth-order valence-electron chi connectivity index (χ4n) is 2.51. The highest BCUT2D eigenvalue weighted by molar-refractivity contribution is 5.81. The maximum absolute atomic E-state index is 12.2. The van der Waals surface area contributed by atoms with Crippen LogP contribution in [0.1, 0.15) is 13.8 Å². The molecule has 0 bridgehead atoms. The second-order valence-corrected chi connectivity index (χ2v) is 4.74. The number of hydrogen-bond donors (Lipinski definition) is 1. The zero-order valence-electron chi connectivity index (χ0n) is 11.3. The van der Waals surface area contributed by atoms with E-state index >= 15 is 0 Å².